The van der Waals surface area contributed by atoms with E-state index < -0.39 is 0 Å². The van der Waals surface area contributed by atoms with E-state index in [4.69, 9.17) is 0 Å². The molecule has 1 atom stereocenters. The predicted molar refractivity (Wildman–Crippen MR) is 105 cm³/mol. The average Bonchev–Trinajstić information content (AvgIpc) is 2.98. The number of aromatic nitrogens is 3. The van der Waals surface area contributed by atoms with Crippen LogP contribution >= 0.6 is 11.8 Å². The van der Waals surface area contributed by atoms with E-state index in [2.05, 4.69) is 27.6 Å². The van der Waals surface area contributed by atoms with Crippen LogP contribution in [0.3, 0.4) is 0 Å². The molecule has 1 aromatic heterocycles. The van der Waals surface area contributed by atoms with Crippen molar-refractivity contribution in [1.82, 2.24) is 14.8 Å². The Morgan fingerprint density at radius 2 is 1.81 bits per heavy atom. The molecule has 26 heavy (non-hydrogen) atoms. The lowest BCUT2D eigenvalue weighted by Crippen LogP contribution is -2.22. The molecule has 0 aliphatic heterocycles. The van der Waals surface area contributed by atoms with Crippen LogP contribution in [0.15, 0.2) is 59.8 Å². The van der Waals surface area contributed by atoms with Gasteiger partial charge in [0, 0.05) is 19.2 Å². The molecule has 2 aromatic carbocycles. The average molecular weight is 366 g/mol. The van der Waals surface area contributed by atoms with Crippen LogP contribution in [0.5, 0.6) is 0 Å². The molecule has 0 saturated carbocycles. The largest absolute Gasteiger partial charge is 0.325 e. The molecule has 0 unspecified atom stereocenters. The van der Waals surface area contributed by atoms with Gasteiger partial charge in [0.1, 0.15) is 5.82 Å². The Bertz CT molecular complexity index is 875. The molecular weight excluding hydrogens is 344 g/mol. The second-order valence-electron chi connectivity index (χ2n) is 6.24. The molecule has 5 nitrogen and oxygen atoms in total. The van der Waals surface area contributed by atoms with Gasteiger partial charge in [0.15, 0.2) is 5.16 Å². The number of hydrogen-bond donors (Lipinski definition) is 1. The fourth-order valence-electron chi connectivity index (χ4n) is 2.47. The molecule has 0 radical (unpaired) electrons. The van der Waals surface area contributed by atoms with Crippen molar-refractivity contribution in [3.63, 3.8) is 0 Å². The molecule has 3 rings (SSSR count). The Morgan fingerprint density at radius 1 is 1.12 bits per heavy atom. The summed E-state index contributed by atoms with van der Waals surface area (Å²) in [4.78, 5) is 12.4. The van der Waals surface area contributed by atoms with Crippen LogP contribution in [0.4, 0.5) is 5.69 Å². The highest BCUT2D eigenvalue weighted by molar-refractivity contribution is 8.00. The Morgan fingerprint density at radius 3 is 2.50 bits per heavy atom. The standard InChI is InChI=1S/C20H22N4OS/c1-14-9-11-17(12-10-14)21-19(25)15(2)26-20-23-22-18(24(20)3)13-16-7-5-4-6-8-16/h4-12,15H,13H2,1-3H3,(H,21,25)/t15-/m0/s1. The number of amides is 1. The van der Waals surface area contributed by atoms with Crippen LogP contribution in [-0.4, -0.2) is 25.9 Å². The van der Waals surface area contributed by atoms with E-state index in [0.29, 0.717) is 0 Å². The normalized spacial score (nSPS) is 12.0. The monoisotopic (exact) mass is 366 g/mol. The first-order chi connectivity index (χ1) is 12.5. The fraction of sp³-hybridized carbons (Fsp3) is 0.250. The van der Waals surface area contributed by atoms with Gasteiger partial charge in [-0.15, -0.1) is 10.2 Å². The second-order valence-corrected chi connectivity index (χ2v) is 7.54. The lowest BCUT2D eigenvalue weighted by Gasteiger charge is -2.12. The van der Waals surface area contributed by atoms with Gasteiger partial charge < -0.3 is 9.88 Å². The Kier molecular flexibility index (Phi) is 5.73. The van der Waals surface area contributed by atoms with E-state index in [1.54, 1.807) is 0 Å². The van der Waals surface area contributed by atoms with Crippen molar-refractivity contribution in [2.45, 2.75) is 30.7 Å². The number of nitrogens with one attached hydrogen (secondary N) is 1. The number of anilines is 1. The van der Waals surface area contributed by atoms with Gasteiger partial charge in [-0.25, -0.2) is 0 Å². The molecular formula is C20H22N4OS. The molecule has 0 saturated heterocycles. The van der Waals surface area contributed by atoms with E-state index in [0.717, 1.165) is 28.7 Å². The third kappa shape index (κ3) is 4.52. The molecule has 0 aliphatic rings. The van der Waals surface area contributed by atoms with Gasteiger partial charge in [0.25, 0.3) is 0 Å². The number of carbonyl (C=O) groups is 1. The van der Waals surface area contributed by atoms with Crippen molar-refractivity contribution in [1.29, 1.82) is 0 Å². The van der Waals surface area contributed by atoms with E-state index in [9.17, 15) is 4.79 Å². The molecule has 0 aliphatic carbocycles. The van der Waals surface area contributed by atoms with E-state index in [1.165, 1.54) is 17.3 Å². The molecule has 0 spiro atoms. The van der Waals surface area contributed by atoms with E-state index in [-0.39, 0.29) is 11.2 Å². The number of hydrogen-bond acceptors (Lipinski definition) is 4. The van der Waals surface area contributed by atoms with Crippen molar-refractivity contribution in [3.05, 3.63) is 71.5 Å². The summed E-state index contributed by atoms with van der Waals surface area (Å²) >= 11 is 1.41. The Hall–Kier alpha value is -2.60. The first kappa shape index (κ1) is 18.2. The highest BCUT2D eigenvalue weighted by Gasteiger charge is 2.19. The maximum atomic E-state index is 12.4. The number of benzene rings is 2. The molecule has 0 fully saturated rings. The van der Waals surface area contributed by atoms with Crippen LogP contribution < -0.4 is 5.32 Å². The Labute approximate surface area is 157 Å². The first-order valence-electron chi connectivity index (χ1n) is 8.49. The zero-order chi connectivity index (χ0) is 18.5. The summed E-state index contributed by atoms with van der Waals surface area (Å²) in [5.74, 6) is 0.830. The summed E-state index contributed by atoms with van der Waals surface area (Å²) in [6.07, 6.45) is 0.717. The van der Waals surface area contributed by atoms with Gasteiger partial charge >= 0.3 is 0 Å². The number of rotatable bonds is 6. The molecule has 1 amide bonds. The van der Waals surface area contributed by atoms with Gasteiger partial charge in [-0.3, -0.25) is 4.79 Å². The number of thioether (sulfide) groups is 1. The SMILES string of the molecule is Cc1ccc(NC(=O)[C@H](C)Sc2nnc(Cc3ccccc3)n2C)cc1. The topological polar surface area (TPSA) is 59.8 Å². The highest BCUT2D eigenvalue weighted by atomic mass is 32.2. The van der Waals surface area contributed by atoms with Crippen LogP contribution in [-0.2, 0) is 18.3 Å². The van der Waals surface area contributed by atoms with Gasteiger partial charge in [-0.1, -0.05) is 59.8 Å². The summed E-state index contributed by atoms with van der Waals surface area (Å²) in [6.45, 7) is 3.89. The van der Waals surface area contributed by atoms with E-state index >= 15 is 0 Å². The summed E-state index contributed by atoms with van der Waals surface area (Å²) in [5.41, 5.74) is 3.15. The van der Waals surface area contributed by atoms with Crippen molar-refractivity contribution >= 4 is 23.4 Å². The zero-order valence-corrected chi connectivity index (χ0v) is 16.0. The van der Waals surface area contributed by atoms with Crippen LogP contribution in [0.25, 0.3) is 0 Å². The smallest absolute Gasteiger partial charge is 0.237 e. The Balaban J connectivity index is 1.63. The molecule has 0 bridgehead atoms. The second kappa shape index (κ2) is 8.19. The summed E-state index contributed by atoms with van der Waals surface area (Å²) in [7, 11) is 1.94. The minimum Gasteiger partial charge on any atom is -0.325 e. The van der Waals surface area contributed by atoms with Crippen molar-refractivity contribution in [2.75, 3.05) is 5.32 Å². The minimum atomic E-state index is -0.274. The number of carbonyl (C=O) groups excluding carboxylic acids is 1. The van der Waals surface area contributed by atoms with Gasteiger partial charge in [-0.2, -0.15) is 0 Å². The molecule has 6 heteroatoms. The van der Waals surface area contributed by atoms with Crippen LogP contribution in [0, 0.1) is 6.92 Å². The molecule has 1 N–H and O–H groups in total. The van der Waals surface area contributed by atoms with Gasteiger partial charge in [0.2, 0.25) is 5.91 Å². The number of aryl methyl sites for hydroxylation is 1. The summed E-state index contributed by atoms with van der Waals surface area (Å²) < 4.78 is 1.95. The predicted octanol–water partition coefficient (Wildman–Crippen LogP) is 3.83. The molecule has 3 aromatic rings. The van der Waals surface area contributed by atoms with Crippen LogP contribution in [0.2, 0.25) is 0 Å². The van der Waals surface area contributed by atoms with Crippen LogP contribution in [0.1, 0.15) is 23.9 Å². The molecule has 134 valence electrons. The van der Waals surface area contributed by atoms with Crippen molar-refractivity contribution < 1.29 is 4.79 Å². The summed E-state index contributed by atoms with van der Waals surface area (Å²) in [5, 5.41) is 11.9. The lowest BCUT2D eigenvalue weighted by molar-refractivity contribution is -0.115. The third-order valence-corrected chi connectivity index (χ3v) is 5.23. The van der Waals surface area contributed by atoms with E-state index in [1.807, 2.05) is 67.9 Å². The first-order valence-corrected chi connectivity index (χ1v) is 9.37. The maximum absolute atomic E-state index is 12.4. The van der Waals surface area contributed by atoms with Gasteiger partial charge in [0.05, 0.1) is 5.25 Å². The zero-order valence-electron chi connectivity index (χ0n) is 15.1. The minimum absolute atomic E-state index is 0.0496. The maximum Gasteiger partial charge on any atom is 0.237 e. The lowest BCUT2D eigenvalue weighted by atomic mass is 10.1. The van der Waals surface area contributed by atoms with Gasteiger partial charge in [-0.05, 0) is 31.5 Å². The third-order valence-electron chi connectivity index (χ3n) is 4.10. The fourth-order valence-corrected chi connectivity index (χ4v) is 3.31. The summed E-state index contributed by atoms with van der Waals surface area (Å²) in [6, 6.07) is 17.9. The number of nitrogens with zero attached hydrogens (tertiary/aromatic N) is 3. The highest BCUT2D eigenvalue weighted by Crippen LogP contribution is 2.23. The molecule has 1 heterocycles. The van der Waals surface area contributed by atoms with Crippen molar-refractivity contribution in [2.24, 2.45) is 7.05 Å². The quantitative estimate of drug-likeness (QED) is 0.674. The van der Waals surface area contributed by atoms with Crippen molar-refractivity contribution in [3.8, 4) is 0 Å².